The summed E-state index contributed by atoms with van der Waals surface area (Å²) in [4.78, 5) is 7.91. The maximum absolute atomic E-state index is 5.09. The van der Waals surface area contributed by atoms with E-state index in [1.54, 1.807) is 0 Å². The third kappa shape index (κ3) is 8.34. The van der Waals surface area contributed by atoms with Gasteiger partial charge in [0.25, 0.3) is 0 Å². The molecule has 0 saturated heterocycles. The van der Waals surface area contributed by atoms with Gasteiger partial charge in [0.05, 0.1) is 11.0 Å². The number of rotatable bonds is 15. The summed E-state index contributed by atoms with van der Waals surface area (Å²) in [6.07, 6.45) is 14.8. The van der Waals surface area contributed by atoms with E-state index in [9.17, 15) is 0 Å². The highest BCUT2D eigenvalue weighted by atomic mass is 79.9. The van der Waals surface area contributed by atoms with Crippen molar-refractivity contribution in [2.45, 2.75) is 91.9 Å². The van der Waals surface area contributed by atoms with Crippen LogP contribution in [0.25, 0.3) is 44.1 Å². The van der Waals surface area contributed by atoms with Gasteiger partial charge in [0.15, 0.2) is 0 Å². The lowest BCUT2D eigenvalue weighted by molar-refractivity contribution is 0.667. The average molecular weight is 680 g/mol. The number of unbranched alkanes of at least 4 members (excludes halogenated alkanes) is 6. The van der Waals surface area contributed by atoms with Crippen molar-refractivity contribution in [1.82, 2.24) is 9.55 Å². The molecule has 0 amide bonds. The van der Waals surface area contributed by atoms with Crippen LogP contribution in [0.3, 0.4) is 0 Å². The minimum Gasteiger partial charge on any atom is -0.292 e. The Bertz CT molecular complexity index is 1730. The largest absolute Gasteiger partial charge is 0.292 e. The SMILES string of the molecule is CCCCCCC(/C=C(\C)Br)=C(/C)c1cc(CCCCCC)c(-c2ccc(-c3nc4ccccc4n3-c3ccccc3)cc2)s1. The van der Waals surface area contributed by atoms with Crippen LogP contribution < -0.4 is 0 Å². The average Bonchev–Trinajstić information content (AvgIpc) is 3.67. The molecular weight excluding hydrogens is 632 g/mol. The second kappa shape index (κ2) is 16.4. The molecule has 0 aliphatic carbocycles. The number of benzene rings is 3. The van der Waals surface area contributed by atoms with Crippen molar-refractivity contribution >= 4 is 43.9 Å². The molecule has 0 aliphatic heterocycles. The van der Waals surface area contributed by atoms with E-state index >= 15 is 0 Å². The summed E-state index contributed by atoms with van der Waals surface area (Å²) in [5.41, 5.74) is 10.1. The van der Waals surface area contributed by atoms with Crippen molar-refractivity contribution in [3.05, 3.63) is 112 Å². The molecule has 0 fully saturated rings. The minimum atomic E-state index is 0.976. The lowest BCUT2D eigenvalue weighted by Gasteiger charge is -2.10. The van der Waals surface area contributed by atoms with Gasteiger partial charge >= 0.3 is 0 Å². The van der Waals surface area contributed by atoms with Gasteiger partial charge < -0.3 is 0 Å². The van der Waals surface area contributed by atoms with E-state index < -0.39 is 0 Å². The molecule has 2 heterocycles. The number of aromatic nitrogens is 2. The van der Waals surface area contributed by atoms with Crippen LogP contribution >= 0.6 is 27.3 Å². The zero-order valence-corrected chi connectivity index (χ0v) is 29.8. The standard InChI is InChI=1S/C41H47BrN2S/c1-5-7-9-12-18-34(28-30(3)42)31(4)39-29-35(19-13-10-8-6-2)40(45-39)32-24-26-33(27-25-32)41-43-37-22-16-17-23-38(37)44(41)36-20-14-11-15-21-36/h11,14-17,20-29H,5-10,12-13,18-19H2,1-4H3/b30-28+,34-31+. The number of halogens is 1. The molecule has 0 unspecified atom stereocenters. The van der Waals surface area contributed by atoms with Gasteiger partial charge in [-0.1, -0.05) is 123 Å². The van der Waals surface area contributed by atoms with Crippen LogP contribution in [-0.4, -0.2) is 9.55 Å². The normalized spacial score (nSPS) is 12.6. The van der Waals surface area contributed by atoms with Crippen molar-refractivity contribution < 1.29 is 0 Å². The molecule has 0 atom stereocenters. The number of hydrogen-bond donors (Lipinski definition) is 0. The summed E-state index contributed by atoms with van der Waals surface area (Å²) in [5.74, 6) is 0.976. The molecule has 5 aromatic rings. The van der Waals surface area contributed by atoms with E-state index in [1.807, 2.05) is 11.3 Å². The van der Waals surface area contributed by atoms with Gasteiger partial charge in [0.1, 0.15) is 5.82 Å². The number of hydrogen-bond acceptors (Lipinski definition) is 2. The first-order valence-electron chi connectivity index (χ1n) is 16.8. The van der Waals surface area contributed by atoms with Gasteiger partial charge in [-0.15, -0.1) is 11.3 Å². The van der Waals surface area contributed by atoms with Crippen LogP contribution in [0.1, 0.15) is 95.9 Å². The van der Waals surface area contributed by atoms with Gasteiger partial charge in [-0.2, -0.15) is 0 Å². The Morgan fingerprint density at radius 2 is 1.44 bits per heavy atom. The third-order valence-electron chi connectivity index (χ3n) is 8.61. The van der Waals surface area contributed by atoms with Crippen molar-refractivity contribution in [3.63, 3.8) is 0 Å². The van der Waals surface area contributed by atoms with E-state index in [0.717, 1.165) is 41.0 Å². The predicted molar refractivity (Wildman–Crippen MR) is 202 cm³/mol. The Morgan fingerprint density at radius 1 is 0.778 bits per heavy atom. The van der Waals surface area contributed by atoms with E-state index in [-0.39, 0.29) is 0 Å². The fraction of sp³-hybridized carbons (Fsp3) is 0.341. The number of nitrogens with zero attached hydrogens (tertiary/aromatic N) is 2. The molecule has 0 saturated carbocycles. The molecule has 2 aromatic heterocycles. The number of thiophene rings is 1. The highest BCUT2D eigenvalue weighted by Crippen LogP contribution is 2.40. The number of aryl methyl sites for hydroxylation is 1. The summed E-state index contributed by atoms with van der Waals surface area (Å²) in [6, 6.07) is 30.6. The summed E-state index contributed by atoms with van der Waals surface area (Å²) >= 11 is 5.69. The molecule has 0 N–H and O–H groups in total. The first kappa shape index (κ1) is 33.2. The molecule has 0 spiro atoms. The van der Waals surface area contributed by atoms with Crippen molar-refractivity contribution in [1.29, 1.82) is 0 Å². The summed E-state index contributed by atoms with van der Waals surface area (Å²) in [6.45, 7) is 9.05. The van der Waals surface area contributed by atoms with E-state index in [1.165, 1.54) is 87.9 Å². The van der Waals surface area contributed by atoms with Gasteiger partial charge in [0.2, 0.25) is 0 Å². The van der Waals surface area contributed by atoms with Gasteiger partial charge in [-0.05, 0) is 103 Å². The van der Waals surface area contributed by atoms with Crippen molar-refractivity contribution in [3.8, 4) is 27.5 Å². The molecular formula is C41H47BrN2S. The van der Waals surface area contributed by atoms with Crippen LogP contribution in [0.2, 0.25) is 0 Å². The lowest BCUT2D eigenvalue weighted by atomic mass is 9.98. The Kier molecular flexibility index (Phi) is 12.1. The molecule has 0 bridgehead atoms. The Morgan fingerprint density at radius 3 is 2.16 bits per heavy atom. The van der Waals surface area contributed by atoms with Crippen LogP contribution in [0.5, 0.6) is 0 Å². The quantitative estimate of drug-likeness (QED) is 0.0795. The Hall–Kier alpha value is -3.21. The second-order valence-corrected chi connectivity index (χ2v) is 14.4. The fourth-order valence-corrected chi connectivity index (χ4v) is 7.65. The molecule has 4 heteroatoms. The molecule has 234 valence electrons. The fourth-order valence-electron chi connectivity index (χ4n) is 6.12. The Balaban J connectivity index is 1.52. The third-order valence-corrected chi connectivity index (χ3v) is 10.2. The van der Waals surface area contributed by atoms with E-state index in [0.29, 0.717) is 0 Å². The zero-order valence-electron chi connectivity index (χ0n) is 27.4. The molecule has 2 nitrogen and oxygen atoms in total. The van der Waals surface area contributed by atoms with Crippen molar-refractivity contribution in [2.24, 2.45) is 0 Å². The van der Waals surface area contributed by atoms with Crippen LogP contribution in [0.4, 0.5) is 0 Å². The van der Waals surface area contributed by atoms with Gasteiger partial charge in [0, 0.05) is 21.0 Å². The summed E-state index contributed by atoms with van der Waals surface area (Å²) in [7, 11) is 0. The lowest BCUT2D eigenvalue weighted by Crippen LogP contribution is -1.97. The first-order chi connectivity index (χ1) is 22.0. The molecule has 0 aliphatic rings. The second-order valence-electron chi connectivity index (χ2n) is 12.1. The molecule has 0 radical (unpaired) electrons. The highest BCUT2D eigenvalue weighted by molar-refractivity contribution is 9.11. The Labute approximate surface area is 283 Å². The maximum atomic E-state index is 5.09. The first-order valence-corrected chi connectivity index (χ1v) is 18.4. The summed E-state index contributed by atoms with van der Waals surface area (Å²) in [5, 5.41) is 0. The zero-order chi connectivity index (χ0) is 31.6. The molecule has 45 heavy (non-hydrogen) atoms. The van der Waals surface area contributed by atoms with Gasteiger partial charge in [-0.3, -0.25) is 4.57 Å². The maximum Gasteiger partial charge on any atom is 0.145 e. The monoisotopic (exact) mass is 678 g/mol. The predicted octanol–water partition coefficient (Wildman–Crippen LogP) is 13.6. The number of allylic oxidation sites excluding steroid dienone is 4. The van der Waals surface area contributed by atoms with E-state index in [2.05, 4.69) is 139 Å². The van der Waals surface area contributed by atoms with Crippen LogP contribution in [-0.2, 0) is 6.42 Å². The summed E-state index contributed by atoms with van der Waals surface area (Å²) < 4.78 is 3.48. The van der Waals surface area contributed by atoms with Gasteiger partial charge in [-0.25, -0.2) is 4.98 Å². The smallest absolute Gasteiger partial charge is 0.145 e. The van der Waals surface area contributed by atoms with Crippen LogP contribution in [0, 0.1) is 0 Å². The molecule has 3 aromatic carbocycles. The minimum absolute atomic E-state index is 0.976. The number of para-hydroxylation sites is 3. The number of imidazole rings is 1. The topological polar surface area (TPSA) is 17.8 Å². The highest BCUT2D eigenvalue weighted by Gasteiger charge is 2.17. The van der Waals surface area contributed by atoms with E-state index in [4.69, 9.17) is 4.98 Å². The van der Waals surface area contributed by atoms with Crippen molar-refractivity contribution in [2.75, 3.05) is 0 Å². The molecule has 5 rings (SSSR count). The van der Waals surface area contributed by atoms with Crippen LogP contribution in [0.15, 0.2) is 101 Å². The number of fused-ring (bicyclic) bond motifs is 1.